The third-order valence-corrected chi connectivity index (χ3v) is 4.92. The van der Waals surface area contributed by atoms with E-state index in [1.54, 1.807) is 0 Å². The SMILES string of the molecule is CCc1ccc(C(C)NC(=O)C2(CN)CCCCC2)cc1. The van der Waals surface area contributed by atoms with Gasteiger partial charge in [-0.15, -0.1) is 0 Å². The van der Waals surface area contributed by atoms with Crippen LogP contribution in [0.2, 0.25) is 0 Å². The molecule has 2 rings (SSSR count). The van der Waals surface area contributed by atoms with Crippen LogP contribution in [0.3, 0.4) is 0 Å². The number of rotatable bonds is 5. The molecule has 3 nitrogen and oxygen atoms in total. The van der Waals surface area contributed by atoms with Gasteiger partial charge in [0.25, 0.3) is 0 Å². The van der Waals surface area contributed by atoms with Crippen LogP contribution in [0.15, 0.2) is 24.3 Å². The van der Waals surface area contributed by atoms with Crippen molar-refractivity contribution in [2.75, 3.05) is 6.54 Å². The number of nitrogens with two attached hydrogens (primary N) is 1. The molecule has 1 saturated carbocycles. The van der Waals surface area contributed by atoms with Gasteiger partial charge in [0.2, 0.25) is 5.91 Å². The molecule has 0 saturated heterocycles. The van der Waals surface area contributed by atoms with E-state index < -0.39 is 0 Å². The molecule has 0 aromatic heterocycles. The second kappa shape index (κ2) is 7.08. The van der Waals surface area contributed by atoms with Gasteiger partial charge in [-0.2, -0.15) is 0 Å². The van der Waals surface area contributed by atoms with Crippen LogP contribution >= 0.6 is 0 Å². The van der Waals surface area contributed by atoms with Crippen LogP contribution in [0.4, 0.5) is 0 Å². The summed E-state index contributed by atoms with van der Waals surface area (Å²) in [5.74, 6) is 0.136. The van der Waals surface area contributed by atoms with Gasteiger partial charge in [0.15, 0.2) is 0 Å². The Hall–Kier alpha value is -1.35. The topological polar surface area (TPSA) is 55.1 Å². The van der Waals surface area contributed by atoms with Crippen molar-refractivity contribution < 1.29 is 4.79 Å². The second-order valence-electron chi connectivity index (χ2n) is 6.34. The van der Waals surface area contributed by atoms with Crippen LogP contribution in [-0.2, 0) is 11.2 Å². The van der Waals surface area contributed by atoms with Crippen molar-refractivity contribution in [3.63, 3.8) is 0 Å². The highest BCUT2D eigenvalue weighted by molar-refractivity contribution is 5.83. The van der Waals surface area contributed by atoms with Crippen molar-refractivity contribution in [1.82, 2.24) is 5.32 Å². The van der Waals surface area contributed by atoms with E-state index in [1.807, 2.05) is 6.92 Å². The van der Waals surface area contributed by atoms with Crippen LogP contribution in [0.5, 0.6) is 0 Å². The maximum atomic E-state index is 12.7. The van der Waals surface area contributed by atoms with Crippen molar-refractivity contribution in [2.45, 2.75) is 58.4 Å². The first-order valence-electron chi connectivity index (χ1n) is 8.21. The Labute approximate surface area is 128 Å². The van der Waals surface area contributed by atoms with E-state index >= 15 is 0 Å². The molecule has 3 heteroatoms. The predicted molar refractivity (Wildman–Crippen MR) is 87.0 cm³/mol. The molecule has 1 aromatic carbocycles. The number of hydrogen-bond acceptors (Lipinski definition) is 2. The summed E-state index contributed by atoms with van der Waals surface area (Å²) < 4.78 is 0. The molecule has 1 atom stereocenters. The van der Waals surface area contributed by atoms with Crippen molar-refractivity contribution in [1.29, 1.82) is 0 Å². The highest BCUT2D eigenvalue weighted by Gasteiger charge is 2.38. The van der Waals surface area contributed by atoms with Gasteiger partial charge in [0.1, 0.15) is 0 Å². The highest BCUT2D eigenvalue weighted by Crippen LogP contribution is 2.36. The summed E-state index contributed by atoms with van der Waals surface area (Å²) in [6, 6.07) is 8.53. The van der Waals surface area contributed by atoms with Gasteiger partial charge in [-0.3, -0.25) is 4.79 Å². The largest absolute Gasteiger partial charge is 0.349 e. The van der Waals surface area contributed by atoms with E-state index in [0.29, 0.717) is 6.54 Å². The Morgan fingerprint density at radius 1 is 1.24 bits per heavy atom. The van der Waals surface area contributed by atoms with E-state index in [-0.39, 0.29) is 17.4 Å². The lowest BCUT2D eigenvalue weighted by molar-refractivity contribution is -0.133. The van der Waals surface area contributed by atoms with Gasteiger partial charge in [-0.1, -0.05) is 50.5 Å². The van der Waals surface area contributed by atoms with E-state index in [9.17, 15) is 4.79 Å². The normalized spacial score (nSPS) is 19.0. The van der Waals surface area contributed by atoms with E-state index in [0.717, 1.165) is 37.7 Å². The smallest absolute Gasteiger partial charge is 0.227 e. The van der Waals surface area contributed by atoms with Crippen LogP contribution in [0, 0.1) is 5.41 Å². The Kier molecular flexibility index (Phi) is 5.40. The van der Waals surface area contributed by atoms with Gasteiger partial charge >= 0.3 is 0 Å². The quantitative estimate of drug-likeness (QED) is 0.873. The van der Waals surface area contributed by atoms with Gasteiger partial charge in [0.05, 0.1) is 11.5 Å². The standard InChI is InChI=1S/C18H28N2O/c1-3-15-7-9-16(10-8-15)14(2)20-17(21)18(13-19)11-5-4-6-12-18/h7-10,14H,3-6,11-13,19H2,1-2H3,(H,20,21). The number of amides is 1. The maximum absolute atomic E-state index is 12.7. The molecule has 1 unspecified atom stereocenters. The molecule has 1 aliphatic carbocycles. The predicted octanol–water partition coefficient (Wildman–Crippen LogP) is 3.34. The first-order valence-corrected chi connectivity index (χ1v) is 8.21. The Balaban J connectivity index is 2.03. The van der Waals surface area contributed by atoms with Crippen LogP contribution in [0.1, 0.15) is 63.1 Å². The van der Waals surface area contributed by atoms with Gasteiger partial charge in [-0.05, 0) is 37.3 Å². The fraction of sp³-hybridized carbons (Fsp3) is 0.611. The lowest BCUT2D eigenvalue weighted by Crippen LogP contribution is -2.47. The first kappa shape index (κ1) is 16.0. The van der Waals surface area contributed by atoms with E-state index in [2.05, 4.69) is 36.5 Å². The molecule has 0 aliphatic heterocycles. The molecule has 1 aromatic rings. The molecule has 1 aliphatic rings. The molecular formula is C18H28N2O. The second-order valence-corrected chi connectivity index (χ2v) is 6.34. The Bertz CT molecular complexity index is 461. The summed E-state index contributed by atoms with van der Waals surface area (Å²) in [7, 11) is 0. The minimum absolute atomic E-state index is 0.0359. The van der Waals surface area contributed by atoms with Gasteiger partial charge in [0, 0.05) is 6.54 Å². The number of nitrogens with one attached hydrogen (secondary N) is 1. The van der Waals surface area contributed by atoms with Crippen LogP contribution in [-0.4, -0.2) is 12.5 Å². The lowest BCUT2D eigenvalue weighted by Gasteiger charge is -2.35. The summed E-state index contributed by atoms with van der Waals surface area (Å²) in [6.45, 7) is 4.65. The third-order valence-electron chi connectivity index (χ3n) is 4.92. The van der Waals surface area contributed by atoms with Gasteiger partial charge < -0.3 is 11.1 Å². The molecular weight excluding hydrogens is 260 g/mol. The van der Waals surface area contributed by atoms with Crippen molar-refractivity contribution in [3.05, 3.63) is 35.4 Å². The highest BCUT2D eigenvalue weighted by atomic mass is 16.2. The maximum Gasteiger partial charge on any atom is 0.227 e. The average Bonchev–Trinajstić information content (AvgIpc) is 2.55. The molecule has 1 amide bonds. The molecule has 3 N–H and O–H groups in total. The minimum Gasteiger partial charge on any atom is -0.349 e. The summed E-state index contributed by atoms with van der Waals surface area (Å²) >= 11 is 0. The van der Waals surface area contributed by atoms with Crippen LogP contribution in [0.25, 0.3) is 0 Å². The first-order chi connectivity index (χ1) is 10.1. The zero-order chi connectivity index (χ0) is 15.3. The molecule has 0 bridgehead atoms. The molecule has 21 heavy (non-hydrogen) atoms. The molecule has 0 heterocycles. The molecule has 0 spiro atoms. The monoisotopic (exact) mass is 288 g/mol. The fourth-order valence-corrected chi connectivity index (χ4v) is 3.23. The number of benzene rings is 1. The van der Waals surface area contributed by atoms with Crippen LogP contribution < -0.4 is 11.1 Å². The zero-order valence-electron chi connectivity index (χ0n) is 13.3. The van der Waals surface area contributed by atoms with E-state index in [4.69, 9.17) is 5.73 Å². The van der Waals surface area contributed by atoms with Crippen molar-refractivity contribution in [3.8, 4) is 0 Å². The van der Waals surface area contributed by atoms with Crippen molar-refractivity contribution in [2.24, 2.45) is 11.1 Å². The average molecular weight is 288 g/mol. The fourth-order valence-electron chi connectivity index (χ4n) is 3.23. The zero-order valence-corrected chi connectivity index (χ0v) is 13.3. The molecule has 116 valence electrons. The number of carbonyl (C=O) groups excluding carboxylic acids is 1. The number of carbonyl (C=O) groups is 1. The third kappa shape index (κ3) is 3.65. The Morgan fingerprint density at radius 2 is 1.86 bits per heavy atom. The minimum atomic E-state index is -0.337. The Morgan fingerprint density at radius 3 is 2.38 bits per heavy atom. The van der Waals surface area contributed by atoms with E-state index in [1.165, 1.54) is 12.0 Å². The summed E-state index contributed by atoms with van der Waals surface area (Å²) in [5, 5.41) is 3.18. The molecule has 1 fully saturated rings. The van der Waals surface area contributed by atoms with Gasteiger partial charge in [-0.25, -0.2) is 0 Å². The summed E-state index contributed by atoms with van der Waals surface area (Å²) in [6.07, 6.45) is 6.35. The summed E-state index contributed by atoms with van der Waals surface area (Å²) in [5.41, 5.74) is 8.07. The lowest BCUT2D eigenvalue weighted by atomic mass is 9.73. The number of aryl methyl sites for hydroxylation is 1. The molecule has 0 radical (unpaired) electrons. The number of hydrogen-bond donors (Lipinski definition) is 2. The van der Waals surface area contributed by atoms with Crippen molar-refractivity contribution >= 4 is 5.91 Å². The summed E-state index contributed by atoms with van der Waals surface area (Å²) in [4.78, 5) is 12.7.